The zero-order chi connectivity index (χ0) is 45.6. The fraction of sp³-hybridized carbons (Fsp3) is 0.574. The summed E-state index contributed by atoms with van der Waals surface area (Å²) in [7, 11) is 1.45. The number of ketones is 3. The van der Waals surface area contributed by atoms with E-state index < -0.39 is 11.1 Å². The predicted molar refractivity (Wildman–Crippen MR) is 254 cm³/mol. The summed E-state index contributed by atoms with van der Waals surface area (Å²) in [6.45, 7) is 10.5. The second-order valence-corrected chi connectivity index (χ2v) is 21.2. The van der Waals surface area contributed by atoms with Gasteiger partial charge in [0.1, 0.15) is 16.6 Å². The van der Waals surface area contributed by atoms with Gasteiger partial charge in [-0.1, -0.05) is 56.7 Å². The molecule has 0 bridgehead atoms. The number of para-hydroxylation sites is 3. The van der Waals surface area contributed by atoms with Gasteiger partial charge in [-0.2, -0.15) is 0 Å². The van der Waals surface area contributed by atoms with Gasteiger partial charge >= 0.3 is 5.97 Å². The zero-order valence-corrected chi connectivity index (χ0v) is 39.0. The minimum atomic E-state index is -0.630. The summed E-state index contributed by atoms with van der Waals surface area (Å²) in [5.74, 6) is 0.694. The van der Waals surface area contributed by atoms with Crippen molar-refractivity contribution in [2.75, 3.05) is 61.9 Å². The van der Waals surface area contributed by atoms with Gasteiger partial charge in [0.15, 0.2) is 17.3 Å². The highest BCUT2D eigenvalue weighted by molar-refractivity contribution is 6.22. The molecule has 348 valence electrons. The van der Waals surface area contributed by atoms with Crippen LogP contribution in [-0.2, 0) is 14.3 Å². The lowest BCUT2D eigenvalue weighted by Gasteiger charge is -2.57. The van der Waals surface area contributed by atoms with Crippen LogP contribution in [0.15, 0.2) is 72.8 Å². The van der Waals surface area contributed by atoms with Gasteiger partial charge in [-0.05, 0) is 137 Å². The minimum Gasteiger partial charge on any atom is -0.469 e. The summed E-state index contributed by atoms with van der Waals surface area (Å²) in [6, 6.07) is 24.1. The van der Waals surface area contributed by atoms with Gasteiger partial charge in [-0.25, -0.2) is 0 Å². The van der Waals surface area contributed by atoms with Crippen molar-refractivity contribution in [3.63, 3.8) is 0 Å². The molecule has 66 heavy (non-hydrogen) atoms. The van der Waals surface area contributed by atoms with Crippen LogP contribution in [0.3, 0.4) is 0 Å². The number of nitrogens with zero attached hydrogens (tertiary/aromatic N) is 4. The summed E-state index contributed by atoms with van der Waals surface area (Å²) in [4.78, 5) is 74.4. The standard InChI is InChI=1S/C20H26N2O3.C19H22N2O2.C15H18N2O/c1-3-19(13-16(23)25-2)9-6-11-22-12-10-20(18(19)22)17(24)14-7-4-5-8-15(14)21-20;1-2-18-8-5-10-20-11-9-19(17(18)20)16(23)13-6-3-4-7-14(13)21(19)15(22)12-18;18-14-11-5-1-2-6-12(11)16-15(14)8-10-17-9-4-3-7-13(15)17/h4-5,7-8,18,21H,3,6,9-13H2,1-2H3;3-4,6-7,17H,2,5,8-12H2,1H3;1-2,5-6,13,16H,3-4,7-10H2/t18-,19-,20-;17-,18-,19-;13-,15-/m000/s1. The average Bonchev–Trinajstić information content (AvgIpc) is 4.19. The van der Waals surface area contributed by atoms with E-state index in [0.29, 0.717) is 24.7 Å². The number of hydrogen-bond acceptors (Lipinski definition) is 11. The molecule has 1 amide bonds. The first kappa shape index (κ1) is 43.6. The molecule has 10 heterocycles. The van der Waals surface area contributed by atoms with E-state index in [-0.39, 0.29) is 51.9 Å². The van der Waals surface area contributed by atoms with Gasteiger partial charge in [0, 0.05) is 72.2 Å². The smallest absolute Gasteiger partial charge is 0.306 e. The van der Waals surface area contributed by atoms with E-state index >= 15 is 0 Å². The molecule has 10 aliphatic heterocycles. The summed E-state index contributed by atoms with van der Waals surface area (Å²) < 4.78 is 5.01. The molecule has 0 aliphatic carbocycles. The highest BCUT2D eigenvalue weighted by atomic mass is 16.5. The van der Waals surface area contributed by atoms with Crippen LogP contribution in [0, 0.1) is 10.8 Å². The Balaban J connectivity index is 0.000000111. The maximum Gasteiger partial charge on any atom is 0.306 e. The number of amides is 1. The number of rotatable bonds is 4. The van der Waals surface area contributed by atoms with Gasteiger partial charge in [-0.15, -0.1) is 0 Å². The van der Waals surface area contributed by atoms with E-state index in [4.69, 9.17) is 4.74 Å². The number of anilines is 3. The van der Waals surface area contributed by atoms with Gasteiger partial charge in [0.2, 0.25) is 5.91 Å². The van der Waals surface area contributed by atoms with Crippen LogP contribution >= 0.6 is 0 Å². The third-order valence-corrected chi connectivity index (χ3v) is 18.5. The average molecular weight is 895 g/mol. The molecule has 3 aromatic carbocycles. The van der Waals surface area contributed by atoms with Crippen LogP contribution in [0.4, 0.5) is 17.1 Å². The Bertz CT molecular complexity index is 2490. The number of fused-ring (bicyclic) bond motifs is 8. The summed E-state index contributed by atoms with van der Waals surface area (Å²) in [6.07, 6.45) is 13.3. The lowest BCUT2D eigenvalue weighted by molar-refractivity contribution is -0.146. The number of hydrogen-bond donors (Lipinski definition) is 2. The van der Waals surface area contributed by atoms with Crippen molar-refractivity contribution in [2.24, 2.45) is 10.8 Å². The second kappa shape index (κ2) is 16.1. The van der Waals surface area contributed by atoms with Gasteiger partial charge < -0.3 is 15.4 Å². The van der Waals surface area contributed by atoms with Crippen LogP contribution in [0.2, 0.25) is 0 Å². The third-order valence-electron chi connectivity index (χ3n) is 18.5. The topological polar surface area (TPSA) is 132 Å². The maximum absolute atomic E-state index is 13.4. The molecule has 0 radical (unpaired) electrons. The number of Topliss-reactive ketones (excluding diaryl/α,β-unsaturated/α-hetero) is 3. The Labute approximate surface area is 389 Å². The number of ether oxygens (including phenoxy) is 1. The SMILES string of the molecule is CC[C@@]1(CC(=O)OC)CCCN2CC[C@@]3(Nc4ccccc4C3=O)[C@@H]21.CC[C@]12CCCN3CC[C@]4(C(=O)c5ccccc5N4C(=O)C1)[C@@H]32.O=C1c2ccccc2N[C@]12CCN1CCCC[C@H]12. The molecule has 0 aromatic heterocycles. The lowest BCUT2D eigenvalue weighted by atomic mass is 9.60. The zero-order valence-electron chi connectivity index (χ0n) is 39.0. The number of carbonyl (C=O) groups is 5. The largest absolute Gasteiger partial charge is 0.469 e. The molecule has 7 saturated heterocycles. The fourth-order valence-corrected chi connectivity index (χ4v) is 15.7. The Hall–Kier alpha value is -4.91. The van der Waals surface area contributed by atoms with Crippen molar-refractivity contribution in [1.82, 2.24) is 14.7 Å². The van der Waals surface area contributed by atoms with Crippen LogP contribution < -0.4 is 15.5 Å². The van der Waals surface area contributed by atoms with Crippen molar-refractivity contribution in [3.05, 3.63) is 89.5 Å². The maximum atomic E-state index is 13.4. The monoisotopic (exact) mass is 895 g/mol. The van der Waals surface area contributed by atoms with Crippen LogP contribution in [0.5, 0.6) is 0 Å². The molecule has 0 saturated carbocycles. The Morgan fingerprint density at radius 3 is 1.91 bits per heavy atom. The van der Waals surface area contributed by atoms with E-state index in [9.17, 15) is 24.0 Å². The summed E-state index contributed by atoms with van der Waals surface area (Å²) in [5.41, 5.74) is 3.47. The Kier molecular flexibility index (Phi) is 10.7. The Morgan fingerprint density at radius 2 is 1.21 bits per heavy atom. The first-order valence-corrected chi connectivity index (χ1v) is 25.1. The summed E-state index contributed by atoms with van der Waals surface area (Å²) in [5, 5.41) is 7.16. The third kappa shape index (κ3) is 6.08. The highest BCUT2D eigenvalue weighted by Gasteiger charge is 2.71. The second-order valence-electron chi connectivity index (χ2n) is 21.2. The quantitative estimate of drug-likeness (QED) is 0.249. The molecule has 12 heteroatoms. The van der Waals surface area contributed by atoms with Gasteiger partial charge in [-0.3, -0.25) is 43.6 Å². The molecule has 0 unspecified atom stereocenters. The van der Waals surface area contributed by atoms with E-state index in [1.165, 1.54) is 20.0 Å². The van der Waals surface area contributed by atoms with Crippen molar-refractivity contribution in [2.45, 2.75) is 138 Å². The number of carbonyl (C=O) groups excluding carboxylic acids is 5. The summed E-state index contributed by atoms with van der Waals surface area (Å²) >= 11 is 0. The van der Waals surface area contributed by atoms with E-state index in [1.807, 2.05) is 77.7 Å². The first-order chi connectivity index (χ1) is 32.0. The molecular weight excluding hydrogens is 829 g/mol. The van der Waals surface area contributed by atoms with Crippen LogP contribution in [-0.4, -0.2) is 125 Å². The number of benzene rings is 3. The van der Waals surface area contributed by atoms with E-state index in [1.54, 1.807) is 0 Å². The van der Waals surface area contributed by atoms with Crippen molar-refractivity contribution < 1.29 is 28.7 Å². The molecule has 13 rings (SSSR count). The van der Waals surface area contributed by atoms with Crippen molar-refractivity contribution in [3.8, 4) is 0 Å². The number of piperidine rings is 4. The van der Waals surface area contributed by atoms with Crippen molar-refractivity contribution >= 4 is 46.3 Å². The molecule has 10 aliphatic rings. The highest BCUT2D eigenvalue weighted by Crippen LogP contribution is 2.60. The van der Waals surface area contributed by atoms with Gasteiger partial charge in [0.25, 0.3) is 0 Å². The number of nitrogens with one attached hydrogen (secondary N) is 2. The minimum absolute atomic E-state index is 0.0139. The molecule has 7 fully saturated rings. The molecule has 12 nitrogen and oxygen atoms in total. The molecule has 2 N–H and O–H groups in total. The normalized spacial score (nSPS) is 35.6. The fourth-order valence-electron chi connectivity index (χ4n) is 15.7. The Morgan fingerprint density at radius 1 is 0.621 bits per heavy atom. The van der Waals surface area contributed by atoms with Crippen LogP contribution in [0.25, 0.3) is 0 Å². The van der Waals surface area contributed by atoms with Crippen LogP contribution in [0.1, 0.15) is 135 Å². The lowest BCUT2D eigenvalue weighted by Crippen LogP contribution is -2.71. The first-order valence-electron chi connectivity index (χ1n) is 25.1. The molecule has 8 atom stereocenters. The molecule has 3 aromatic rings. The van der Waals surface area contributed by atoms with E-state index in [0.717, 1.165) is 137 Å². The molecule has 3 spiro atoms. The number of methoxy groups -OCH3 is 1. The number of esters is 1. The van der Waals surface area contributed by atoms with Gasteiger partial charge in [0.05, 0.1) is 19.2 Å². The van der Waals surface area contributed by atoms with E-state index in [2.05, 4.69) is 39.2 Å². The predicted octanol–water partition coefficient (Wildman–Crippen LogP) is 7.78. The van der Waals surface area contributed by atoms with Crippen molar-refractivity contribution in [1.29, 1.82) is 0 Å². The molecular formula is C54H66N6O6.